The fourth-order valence-corrected chi connectivity index (χ4v) is 0.765. The van der Waals surface area contributed by atoms with Crippen molar-refractivity contribution in [3.8, 4) is 0 Å². The molecule has 0 aliphatic heterocycles. The summed E-state index contributed by atoms with van der Waals surface area (Å²) in [6.45, 7) is 7.04. The minimum Gasteiger partial charge on any atom is -0.478 e. The summed E-state index contributed by atoms with van der Waals surface area (Å²) in [5, 5.41) is 8.70. The van der Waals surface area contributed by atoms with E-state index in [9.17, 15) is 4.79 Å². The molecule has 0 unspecified atom stereocenters. The van der Waals surface area contributed by atoms with Crippen molar-refractivity contribution in [2.24, 2.45) is 0 Å². The van der Waals surface area contributed by atoms with Gasteiger partial charge in [0, 0.05) is 12.7 Å². The number of ether oxygens (including phenoxy) is 1. The highest BCUT2D eigenvalue weighted by Crippen LogP contribution is 2.22. The first-order chi connectivity index (χ1) is 5.33. The van der Waals surface area contributed by atoms with Crippen LogP contribution in [0.5, 0.6) is 0 Å². The van der Waals surface area contributed by atoms with Gasteiger partial charge < -0.3 is 9.84 Å². The number of methoxy groups -OCH3 is 1. The summed E-state index contributed by atoms with van der Waals surface area (Å²) >= 11 is 0. The predicted molar refractivity (Wildman–Crippen MR) is 47.1 cm³/mol. The minimum absolute atomic E-state index is 0.349. The Labute approximate surface area is 73.0 Å². The summed E-state index contributed by atoms with van der Waals surface area (Å²) in [6.07, 6.45) is 0. The SMILES string of the molecule is COC(C)(C)/C(C)=C(\C)C(=O)O. The molecular formula is C9H16O3. The van der Waals surface area contributed by atoms with Crippen LogP contribution < -0.4 is 0 Å². The molecule has 0 atom stereocenters. The summed E-state index contributed by atoms with van der Waals surface area (Å²) in [5.41, 5.74) is 0.599. The molecule has 1 N–H and O–H groups in total. The molecule has 0 fully saturated rings. The van der Waals surface area contributed by atoms with E-state index >= 15 is 0 Å². The molecule has 0 saturated heterocycles. The first kappa shape index (κ1) is 11.2. The second-order valence-electron chi connectivity index (χ2n) is 3.27. The Balaban J connectivity index is 4.90. The fraction of sp³-hybridized carbons (Fsp3) is 0.667. The van der Waals surface area contributed by atoms with Crippen LogP contribution in [-0.2, 0) is 9.53 Å². The fourth-order valence-electron chi connectivity index (χ4n) is 0.765. The number of carbonyl (C=O) groups is 1. The van der Waals surface area contributed by atoms with Crippen molar-refractivity contribution >= 4 is 5.97 Å². The van der Waals surface area contributed by atoms with Crippen LogP contribution in [0, 0.1) is 0 Å². The van der Waals surface area contributed by atoms with E-state index in [0.29, 0.717) is 5.57 Å². The predicted octanol–water partition coefficient (Wildman–Crippen LogP) is 1.83. The Morgan fingerprint density at radius 1 is 1.33 bits per heavy atom. The van der Waals surface area contributed by atoms with Crippen LogP contribution >= 0.6 is 0 Å². The lowest BCUT2D eigenvalue weighted by Crippen LogP contribution is -2.26. The maximum atomic E-state index is 10.6. The van der Waals surface area contributed by atoms with E-state index in [1.165, 1.54) is 0 Å². The molecule has 0 amide bonds. The molecule has 0 spiro atoms. The van der Waals surface area contributed by atoms with Crippen LogP contribution in [0.15, 0.2) is 11.1 Å². The standard InChI is InChI=1S/C9H16O3/c1-6(8(10)11)7(2)9(3,4)12-5/h1-5H3,(H,10,11)/b7-6+. The topological polar surface area (TPSA) is 46.5 Å². The maximum absolute atomic E-state index is 10.6. The molecule has 0 saturated carbocycles. The molecule has 0 aromatic rings. The number of hydrogen-bond acceptors (Lipinski definition) is 2. The molecule has 70 valence electrons. The highest BCUT2D eigenvalue weighted by Gasteiger charge is 2.22. The Hall–Kier alpha value is -0.830. The molecule has 0 aromatic heterocycles. The lowest BCUT2D eigenvalue weighted by atomic mass is 9.95. The van der Waals surface area contributed by atoms with Gasteiger partial charge in [0.1, 0.15) is 0 Å². The van der Waals surface area contributed by atoms with Gasteiger partial charge in [0.05, 0.1) is 5.60 Å². The third-order valence-corrected chi connectivity index (χ3v) is 2.30. The van der Waals surface area contributed by atoms with Crippen LogP contribution in [0.3, 0.4) is 0 Å². The minimum atomic E-state index is -0.891. The van der Waals surface area contributed by atoms with Gasteiger partial charge in [-0.05, 0) is 33.3 Å². The molecule has 0 aromatic carbocycles. The van der Waals surface area contributed by atoms with Crippen molar-refractivity contribution in [3.63, 3.8) is 0 Å². The molecule has 0 heterocycles. The van der Waals surface area contributed by atoms with E-state index in [2.05, 4.69) is 0 Å². The van der Waals surface area contributed by atoms with Gasteiger partial charge in [0.2, 0.25) is 0 Å². The molecule has 0 aliphatic rings. The average molecular weight is 172 g/mol. The summed E-state index contributed by atoms with van der Waals surface area (Å²) < 4.78 is 5.15. The zero-order chi connectivity index (χ0) is 9.94. The number of aliphatic carboxylic acids is 1. The van der Waals surface area contributed by atoms with E-state index in [1.807, 2.05) is 13.8 Å². The summed E-state index contributed by atoms with van der Waals surface area (Å²) in [4.78, 5) is 10.6. The van der Waals surface area contributed by atoms with Crippen LogP contribution in [-0.4, -0.2) is 23.8 Å². The highest BCUT2D eigenvalue weighted by molar-refractivity contribution is 5.87. The summed E-state index contributed by atoms with van der Waals surface area (Å²) in [6, 6.07) is 0. The third-order valence-electron chi connectivity index (χ3n) is 2.30. The Bertz CT molecular complexity index is 214. The van der Waals surface area contributed by atoms with Crippen molar-refractivity contribution < 1.29 is 14.6 Å². The Morgan fingerprint density at radius 3 is 2.00 bits per heavy atom. The quantitative estimate of drug-likeness (QED) is 0.660. The third kappa shape index (κ3) is 2.34. The maximum Gasteiger partial charge on any atom is 0.331 e. The Kier molecular flexibility index (Phi) is 3.46. The van der Waals surface area contributed by atoms with Crippen LogP contribution in [0.25, 0.3) is 0 Å². The van der Waals surface area contributed by atoms with Gasteiger partial charge in [-0.2, -0.15) is 0 Å². The van der Waals surface area contributed by atoms with Gasteiger partial charge in [-0.25, -0.2) is 4.79 Å². The zero-order valence-electron chi connectivity index (χ0n) is 8.26. The number of rotatable bonds is 3. The lowest BCUT2D eigenvalue weighted by Gasteiger charge is -2.25. The number of carboxylic acid groups (broad SMARTS) is 1. The van der Waals surface area contributed by atoms with E-state index < -0.39 is 11.6 Å². The van der Waals surface area contributed by atoms with Gasteiger partial charge in [-0.1, -0.05) is 0 Å². The van der Waals surface area contributed by atoms with Gasteiger partial charge in [0.25, 0.3) is 0 Å². The van der Waals surface area contributed by atoms with E-state index in [0.717, 1.165) is 5.57 Å². The monoisotopic (exact) mass is 172 g/mol. The van der Waals surface area contributed by atoms with Gasteiger partial charge in [0.15, 0.2) is 0 Å². The zero-order valence-corrected chi connectivity index (χ0v) is 8.26. The van der Waals surface area contributed by atoms with Crippen molar-refractivity contribution in [2.75, 3.05) is 7.11 Å². The highest BCUT2D eigenvalue weighted by atomic mass is 16.5. The van der Waals surface area contributed by atoms with Crippen molar-refractivity contribution in [1.29, 1.82) is 0 Å². The Morgan fingerprint density at radius 2 is 1.75 bits per heavy atom. The number of hydrogen-bond donors (Lipinski definition) is 1. The normalized spacial score (nSPS) is 14.1. The van der Waals surface area contributed by atoms with E-state index in [1.54, 1.807) is 21.0 Å². The second kappa shape index (κ2) is 3.72. The molecule has 3 nitrogen and oxygen atoms in total. The lowest BCUT2D eigenvalue weighted by molar-refractivity contribution is -0.132. The molecular weight excluding hydrogens is 156 g/mol. The first-order valence-electron chi connectivity index (χ1n) is 3.79. The van der Waals surface area contributed by atoms with E-state index in [4.69, 9.17) is 9.84 Å². The average Bonchev–Trinajstić information content (AvgIpc) is 2.01. The van der Waals surface area contributed by atoms with Gasteiger partial charge in [-0.3, -0.25) is 0 Å². The van der Waals surface area contributed by atoms with Gasteiger partial charge >= 0.3 is 5.97 Å². The van der Waals surface area contributed by atoms with Crippen LogP contribution in [0.4, 0.5) is 0 Å². The molecule has 12 heavy (non-hydrogen) atoms. The largest absolute Gasteiger partial charge is 0.478 e. The van der Waals surface area contributed by atoms with Crippen molar-refractivity contribution in [3.05, 3.63) is 11.1 Å². The van der Waals surface area contributed by atoms with E-state index in [-0.39, 0.29) is 0 Å². The molecule has 0 rings (SSSR count). The first-order valence-corrected chi connectivity index (χ1v) is 3.79. The van der Waals surface area contributed by atoms with Crippen LogP contribution in [0.1, 0.15) is 27.7 Å². The van der Waals surface area contributed by atoms with Gasteiger partial charge in [-0.15, -0.1) is 0 Å². The molecule has 0 radical (unpaired) electrons. The summed E-state index contributed by atoms with van der Waals surface area (Å²) in [7, 11) is 1.57. The molecule has 3 heteroatoms. The molecule has 0 bridgehead atoms. The van der Waals surface area contributed by atoms with Crippen LogP contribution in [0.2, 0.25) is 0 Å². The molecule has 0 aliphatic carbocycles. The van der Waals surface area contributed by atoms with Crippen molar-refractivity contribution in [2.45, 2.75) is 33.3 Å². The summed E-state index contributed by atoms with van der Waals surface area (Å²) in [5.74, 6) is -0.891. The smallest absolute Gasteiger partial charge is 0.331 e. The van der Waals surface area contributed by atoms with Crippen molar-refractivity contribution in [1.82, 2.24) is 0 Å². The number of carboxylic acids is 1. The second-order valence-corrected chi connectivity index (χ2v) is 3.27.